The van der Waals surface area contributed by atoms with E-state index in [2.05, 4.69) is 24.8 Å². The summed E-state index contributed by atoms with van der Waals surface area (Å²) in [6.45, 7) is 8.13. The standard InChI is InChI=1S/C21H27N7O2/c22-20-11-18(24-15-25-20)19-12-23-21-10-17(2-4-28(19)21)30-9-1-3-26-5-7-27(8-6-26)16-13-29-14-16/h2,4,10-12,15-16H,1,3,5-9,13-14H2,(H2,22,24,25). The molecule has 0 amide bonds. The summed E-state index contributed by atoms with van der Waals surface area (Å²) in [5, 5.41) is 0. The van der Waals surface area contributed by atoms with Crippen LogP contribution in [0.4, 0.5) is 5.82 Å². The summed E-state index contributed by atoms with van der Waals surface area (Å²) < 4.78 is 13.2. The lowest BCUT2D eigenvalue weighted by molar-refractivity contribution is -0.0769. The number of nitrogen functional groups attached to an aromatic ring is 1. The molecule has 0 saturated carbocycles. The molecule has 2 aliphatic heterocycles. The molecule has 0 unspecified atom stereocenters. The molecular weight excluding hydrogens is 382 g/mol. The quantitative estimate of drug-likeness (QED) is 0.581. The topological polar surface area (TPSA) is 94.0 Å². The smallest absolute Gasteiger partial charge is 0.140 e. The van der Waals surface area contributed by atoms with Gasteiger partial charge in [-0.1, -0.05) is 0 Å². The number of piperazine rings is 1. The average Bonchev–Trinajstić information content (AvgIpc) is 3.14. The summed E-state index contributed by atoms with van der Waals surface area (Å²) >= 11 is 0. The van der Waals surface area contributed by atoms with E-state index in [-0.39, 0.29) is 0 Å². The first-order valence-corrected chi connectivity index (χ1v) is 10.5. The Kier molecular flexibility index (Phi) is 5.48. The van der Waals surface area contributed by atoms with Gasteiger partial charge in [-0.15, -0.1) is 0 Å². The molecule has 158 valence electrons. The molecule has 0 aliphatic carbocycles. The van der Waals surface area contributed by atoms with Crippen LogP contribution in [0.15, 0.2) is 36.9 Å². The zero-order valence-electron chi connectivity index (χ0n) is 17.0. The summed E-state index contributed by atoms with van der Waals surface area (Å²) in [5.41, 5.74) is 8.21. The lowest BCUT2D eigenvalue weighted by Crippen LogP contribution is -2.56. The van der Waals surface area contributed by atoms with Crippen LogP contribution >= 0.6 is 0 Å². The molecule has 0 bridgehead atoms. The molecule has 5 heterocycles. The Morgan fingerprint density at radius 1 is 1.10 bits per heavy atom. The van der Waals surface area contributed by atoms with Gasteiger partial charge in [0.15, 0.2) is 0 Å². The largest absolute Gasteiger partial charge is 0.493 e. The van der Waals surface area contributed by atoms with Crippen molar-refractivity contribution in [1.29, 1.82) is 0 Å². The summed E-state index contributed by atoms with van der Waals surface area (Å²) in [5.74, 6) is 1.27. The number of hydrogen-bond donors (Lipinski definition) is 1. The van der Waals surface area contributed by atoms with E-state index in [0.29, 0.717) is 18.5 Å². The second kappa shape index (κ2) is 8.55. The van der Waals surface area contributed by atoms with Crippen LogP contribution in [0, 0.1) is 0 Å². The molecule has 3 aromatic heterocycles. The molecule has 0 spiro atoms. The van der Waals surface area contributed by atoms with Gasteiger partial charge in [-0.2, -0.15) is 0 Å². The summed E-state index contributed by atoms with van der Waals surface area (Å²) in [6, 6.07) is 6.31. The van der Waals surface area contributed by atoms with E-state index in [4.69, 9.17) is 15.2 Å². The van der Waals surface area contributed by atoms with Crippen LogP contribution in [0.3, 0.4) is 0 Å². The van der Waals surface area contributed by atoms with E-state index in [1.807, 2.05) is 22.7 Å². The normalized spacial score (nSPS) is 18.5. The first kappa shape index (κ1) is 19.2. The van der Waals surface area contributed by atoms with E-state index < -0.39 is 0 Å². The van der Waals surface area contributed by atoms with Crippen molar-refractivity contribution in [3.63, 3.8) is 0 Å². The summed E-state index contributed by atoms with van der Waals surface area (Å²) in [4.78, 5) is 17.8. The van der Waals surface area contributed by atoms with Crippen molar-refractivity contribution in [3.05, 3.63) is 36.9 Å². The Hall–Kier alpha value is -2.75. The predicted octanol–water partition coefficient (Wildman–Crippen LogP) is 1.16. The van der Waals surface area contributed by atoms with E-state index in [1.165, 1.54) is 6.33 Å². The Balaban J connectivity index is 1.11. The Bertz CT molecular complexity index is 996. The van der Waals surface area contributed by atoms with Crippen molar-refractivity contribution in [2.24, 2.45) is 0 Å². The van der Waals surface area contributed by atoms with Gasteiger partial charge in [-0.25, -0.2) is 15.0 Å². The minimum atomic E-state index is 0.438. The number of imidazole rings is 1. The summed E-state index contributed by atoms with van der Waals surface area (Å²) in [7, 11) is 0. The molecule has 0 radical (unpaired) electrons. The van der Waals surface area contributed by atoms with Gasteiger partial charge in [0.2, 0.25) is 0 Å². The second-order valence-corrected chi connectivity index (χ2v) is 7.83. The van der Waals surface area contributed by atoms with Crippen LogP contribution < -0.4 is 10.5 Å². The van der Waals surface area contributed by atoms with E-state index in [0.717, 1.165) is 75.1 Å². The van der Waals surface area contributed by atoms with Crippen LogP contribution in [-0.2, 0) is 4.74 Å². The van der Waals surface area contributed by atoms with E-state index in [1.54, 1.807) is 12.3 Å². The number of rotatable bonds is 7. The van der Waals surface area contributed by atoms with Gasteiger partial charge in [0.05, 0.1) is 43.4 Å². The van der Waals surface area contributed by atoms with Gasteiger partial charge in [0.25, 0.3) is 0 Å². The molecule has 2 N–H and O–H groups in total. The van der Waals surface area contributed by atoms with Crippen LogP contribution in [0.5, 0.6) is 5.75 Å². The number of nitrogens with zero attached hydrogens (tertiary/aromatic N) is 6. The predicted molar refractivity (Wildman–Crippen MR) is 113 cm³/mol. The van der Waals surface area contributed by atoms with Gasteiger partial charge in [-0.05, 0) is 12.5 Å². The van der Waals surface area contributed by atoms with Gasteiger partial charge in [0, 0.05) is 51.1 Å². The van der Waals surface area contributed by atoms with Crippen LogP contribution in [0.25, 0.3) is 17.0 Å². The second-order valence-electron chi connectivity index (χ2n) is 7.83. The molecular formula is C21H27N7O2. The Morgan fingerprint density at radius 2 is 1.97 bits per heavy atom. The lowest BCUT2D eigenvalue weighted by Gasteiger charge is -2.42. The van der Waals surface area contributed by atoms with Gasteiger partial charge in [-0.3, -0.25) is 9.30 Å². The van der Waals surface area contributed by atoms with Crippen molar-refractivity contribution in [1.82, 2.24) is 29.2 Å². The van der Waals surface area contributed by atoms with E-state index in [9.17, 15) is 0 Å². The Labute approximate surface area is 175 Å². The molecule has 9 heteroatoms. The lowest BCUT2D eigenvalue weighted by atomic mass is 10.2. The highest BCUT2D eigenvalue weighted by Gasteiger charge is 2.28. The molecule has 9 nitrogen and oxygen atoms in total. The average molecular weight is 409 g/mol. The Morgan fingerprint density at radius 3 is 2.73 bits per heavy atom. The third kappa shape index (κ3) is 4.09. The minimum absolute atomic E-state index is 0.438. The minimum Gasteiger partial charge on any atom is -0.493 e. The highest BCUT2D eigenvalue weighted by Crippen LogP contribution is 2.22. The number of ether oxygens (including phenoxy) is 2. The molecule has 3 aromatic rings. The molecule has 0 aromatic carbocycles. The molecule has 0 atom stereocenters. The summed E-state index contributed by atoms with van der Waals surface area (Å²) in [6.07, 6.45) is 6.21. The molecule has 30 heavy (non-hydrogen) atoms. The van der Waals surface area contributed by atoms with Crippen molar-refractivity contribution < 1.29 is 9.47 Å². The third-order valence-corrected chi connectivity index (χ3v) is 5.87. The van der Waals surface area contributed by atoms with Crippen molar-refractivity contribution in [2.75, 3.05) is 58.3 Å². The van der Waals surface area contributed by atoms with E-state index >= 15 is 0 Å². The zero-order chi connectivity index (χ0) is 20.3. The highest BCUT2D eigenvalue weighted by atomic mass is 16.5. The monoisotopic (exact) mass is 409 g/mol. The fourth-order valence-corrected chi connectivity index (χ4v) is 4.02. The van der Waals surface area contributed by atoms with Gasteiger partial charge in [0.1, 0.15) is 23.5 Å². The van der Waals surface area contributed by atoms with Gasteiger partial charge < -0.3 is 20.1 Å². The van der Waals surface area contributed by atoms with Crippen molar-refractivity contribution in [2.45, 2.75) is 12.5 Å². The zero-order valence-corrected chi connectivity index (χ0v) is 17.0. The molecule has 2 aliphatic rings. The maximum Gasteiger partial charge on any atom is 0.140 e. The number of pyridine rings is 1. The number of nitrogens with two attached hydrogens (primary N) is 1. The number of fused-ring (bicyclic) bond motifs is 1. The fourth-order valence-electron chi connectivity index (χ4n) is 4.02. The maximum absolute atomic E-state index is 5.97. The number of hydrogen-bond acceptors (Lipinski definition) is 8. The first-order valence-electron chi connectivity index (χ1n) is 10.5. The van der Waals surface area contributed by atoms with Crippen molar-refractivity contribution >= 4 is 11.5 Å². The number of aromatic nitrogens is 4. The third-order valence-electron chi connectivity index (χ3n) is 5.87. The molecule has 5 rings (SSSR count). The molecule has 2 saturated heterocycles. The van der Waals surface area contributed by atoms with Crippen molar-refractivity contribution in [3.8, 4) is 17.1 Å². The van der Waals surface area contributed by atoms with Crippen LogP contribution in [0.1, 0.15) is 6.42 Å². The molecule has 2 fully saturated rings. The maximum atomic E-state index is 5.97. The van der Waals surface area contributed by atoms with Crippen LogP contribution in [0.2, 0.25) is 0 Å². The highest BCUT2D eigenvalue weighted by molar-refractivity contribution is 5.62. The van der Waals surface area contributed by atoms with Crippen LogP contribution in [-0.4, -0.2) is 87.7 Å². The fraction of sp³-hybridized carbons (Fsp3) is 0.476. The van der Waals surface area contributed by atoms with Gasteiger partial charge >= 0.3 is 0 Å². The SMILES string of the molecule is Nc1cc(-c2cnc3cc(OCCCN4CCN(C5COC5)CC4)ccn23)ncn1. The first-order chi connectivity index (χ1) is 14.8. The number of anilines is 1.